The third-order valence-electron chi connectivity index (χ3n) is 7.24. The van der Waals surface area contributed by atoms with Crippen LogP contribution in [0.1, 0.15) is 35.1 Å². The van der Waals surface area contributed by atoms with Crippen LogP contribution in [0.25, 0.3) is 5.57 Å². The molecule has 0 radical (unpaired) electrons. The van der Waals surface area contributed by atoms with E-state index in [1.54, 1.807) is 19.1 Å². The summed E-state index contributed by atoms with van der Waals surface area (Å²) in [6.07, 6.45) is 7.15. The minimum absolute atomic E-state index is 0.0482. The van der Waals surface area contributed by atoms with E-state index in [0.29, 0.717) is 12.8 Å². The van der Waals surface area contributed by atoms with Crippen molar-refractivity contribution >= 4 is 23.0 Å². The van der Waals surface area contributed by atoms with Crippen molar-refractivity contribution in [3.63, 3.8) is 0 Å². The lowest BCUT2D eigenvalue weighted by Crippen LogP contribution is -2.35. The molecular weight excluding hydrogens is 446 g/mol. The summed E-state index contributed by atoms with van der Waals surface area (Å²) in [5.74, 6) is 0.356. The van der Waals surface area contributed by atoms with Crippen molar-refractivity contribution in [1.82, 2.24) is 0 Å². The van der Waals surface area contributed by atoms with Crippen LogP contribution in [0.4, 0.5) is 5.69 Å². The first kappa shape index (κ1) is 23.8. The number of Topliss-reactive ketones (excluding diaryl/α,β-unsaturated/α-hetero) is 1. The van der Waals surface area contributed by atoms with Crippen LogP contribution in [0.2, 0.25) is 0 Å². The van der Waals surface area contributed by atoms with E-state index in [0.717, 1.165) is 35.4 Å². The highest BCUT2D eigenvalue weighted by Crippen LogP contribution is 2.37. The maximum Gasteiger partial charge on any atom is 0.230 e. The van der Waals surface area contributed by atoms with E-state index in [-0.39, 0.29) is 18.1 Å². The maximum atomic E-state index is 13.7. The average Bonchev–Trinajstić information content (AvgIpc) is 3.24. The standard InChI is InChI=1S/C32H31NO3/c1-33(27-13-15-29(36-2)16-14-27)32(35)26-18-23-9-5-7-22(17-23)8-6-11-25-19-24-10-3-4-12-30(24)31(25)21-28(34)20-26/h3-7,9-17,26H,8,18-21H2,1-2H3/b11-6-/t26-/m1/s1. The first-order chi connectivity index (χ1) is 17.5. The Morgan fingerprint density at radius 1 is 0.917 bits per heavy atom. The average molecular weight is 478 g/mol. The minimum Gasteiger partial charge on any atom is -0.497 e. The van der Waals surface area contributed by atoms with Crippen LogP contribution in [-0.2, 0) is 28.9 Å². The van der Waals surface area contributed by atoms with E-state index in [1.807, 2.05) is 36.4 Å². The highest BCUT2D eigenvalue weighted by molar-refractivity contribution is 6.00. The van der Waals surface area contributed by atoms with Gasteiger partial charge in [0.25, 0.3) is 0 Å². The van der Waals surface area contributed by atoms with Crippen molar-refractivity contribution in [2.75, 3.05) is 19.1 Å². The van der Waals surface area contributed by atoms with Gasteiger partial charge in [0.2, 0.25) is 5.91 Å². The Balaban J connectivity index is 1.47. The second-order valence-corrected chi connectivity index (χ2v) is 9.68. The monoisotopic (exact) mass is 477 g/mol. The molecule has 3 aromatic rings. The van der Waals surface area contributed by atoms with Crippen LogP contribution >= 0.6 is 0 Å². The minimum atomic E-state index is -0.436. The number of nitrogens with zero attached hydrogens (tertiary/aromatic N) is 1. The number of anilines is 1. The summed E-state index contributed by atoms with van der Waals surface area (Å²) in [6.45, 7) is 0. The zero-order valence-electron chi connectivity index (χ0n) is 20.9. The summed E-state index contributed by atoms with van der Waals surface area (Å²) in [6, 6.07) is 24.2. The maximum absolute atomic E-state index is 13.7. The zero-order valence-corrected chi connectivity index (χ0v) is 20.9. The Kier molecular flexibility index (Phi) is 6.86. The molecule has 0 saturated carbocycles. The molecule has 2 bridgehead atoms. The van der Waals surface area contributed by atoms with Gasteiger partial charge in [-0.15, -0.1) is 0 Å². The fourth-order valence-corrected chi connectivity index (χ4v) is 5.33. The molecule has 0 spiro atoms. The number of ether oxygens (including phenoxy) is 1. The summed E-state index contributed by atoms with van der Waals surface area (Å²) in [4.78, 5) is 28.9. The Bertz CT molecular complexity index is 1350. The van der Waals surface area contributed by atoms with Gasteiger partial charge in [-0.25, -0.2) is 0 Å². The van der Waals surface area contributed by atoms with Crippen LogP contribution in [0, 0.1) is 5.92 Å². The molecule has 1 amide bonds. The van der Waals surface area contributed by atoms with Gasteiger partial charge in [0.15, 0.2) is 0 Å². The van der Waals surface area contributed by atoms with Gasteiger partial charge in [0.05, 0.1) is 7.11 Å². The SMILES string of the molecule is COc1ccc(N(C)C(=O)[C@H]2CC(=O)CC3=C(/C=C\Cc4cccc(c4)C2)Cc2ccccc23)cc1. The molecule has 0 aromatic heterocycles. The van der Waals surface area contributed by atoms with E-state index < -0.39 is 5.92 Å². The molecule has 0 N–H and O–H groups in total. The lowest BCUT2D eigenvalue weighted by molar-refractivity contribution is -0.127. The lowest BCUT2D eigenvalue weighted by atomic mass is 9.89. The fraction of sp³-hybridized carbons (Fsp3) is 0.250. The number of hydrogen-bond donors (Lipinski definition) is 0. The molecule has 182 valence electrons. The number of carbonyl (C=O) groups is 2. The van der Waals surface area contributed by atoms with Gasteiger partial charge in [-0.2, -0.15) is 0 Å². The van der Waals surface area contributed by atoms with E-state index in [1.165, 1.54) is 22.3 Å². The van der Waals surface area contributed by atoms with Gasteiger partial charge in [-0.1, -0.05) is 60.7 Å². The van der Waals surface area contributed by atoms with Crippen LogP contribution in [0.15, 0.2) is 90.5 Å². The van der Waals surface area contributed by atoms with E-state index in [9.17, 15) is 9.59 Å². The lowest BCUT2D eigenvalue weighted by Gasteiger charge is -2.24. The predicted molar refractivity (Wildman–Crippen MR) is 144 cm³/mol. The van der Waals surface area contributed by atoms with Gasteiger partial charge in [0.1, 0.15) is 11.5 Å². The van der Waals surface area contributed by atoms with Crippen LogP contribution in [-0.4, -0.2) is 25.8 Å². The normalized spacial score (nSPS) is 18.3. The molecule has 5 rings (SSSR count). The summed E-state index contributed by atoms with van der Waals surface area (Å²) >= 11 is 0. The van der Waals surface area contributed by atoms with Crippen LogP contribution < -0.4 is 9.64 Å². The number of hydrogen-bond acceptors (Lipinski definition) is 3. The second-order valence-electron chi connectivity index (χ2n) is 9.68. The molecule has 4 heteroatoms. The molecule has 0 fully saturated rings. The summed E-state index contributed by atoms with van der Waals surface area (Å²) < 4.78 is 5.25. The Morgan fingerprint density at radius 3 is 2.50 bits per heavy atom. The van der Waals surface area contributed by atoms with Crippen molar-refractivity contribution in [2.24, 2.45) is 5.92 Å². The second kappa shape index (κ2) is 10.4. The molecule has 2 aliphatic rings. The first-order valence-corrected chi connectivity index (χ1v) is 12.5. The number of allylic oxidation sites excluding steroid dienone is 4. The van der Waals surface area contributed by atoms with Gasteiger partial charge in [-0.3, -0.25) is 9.59 Å². The Labute approximate surface area is 212 Å². The van der Waals surface area contributed by atoms with Gasteiger partial charge in [0, 0.05) is 31.5 Å². The van der Waals surface area contributed by atoms with Gasteiger partial charge in [-0.05, 0) is 76.9 Å². The molecule has 1 atom stereocenters. The predicted octanol–water partition coefficient (Wildman–Crippen LogP) is 5.99. The van der Waals surface area contributed by atoms with Gasteiger partial charge >= 0.3 is 0 Å². The summed E-state index contributed by atoms with van der Waals surface area (Å²) in [5.41, 5.74) is 7.82. The number of ketones is 1. The molecule has 3 aromatic carbocycles. The number of rotatable bonds is 3. The van der Waals surface area contributed by atoms with Gasteiger partial charge < -0.3 is 9.64 Å². The van der Waals surface area contributed by atoms with E-state index in [4.69, 9.17) is 4.74 Å². The van der Waals surface area contributed by atoms with Crippen molar-refractivity contribution in [1.29, 1.82) is 0 Å². The highest BCUT2D eigenvalue weighted by Gasteiger charge is 2.28. The molecule has 36 heavy (non-hydrogen) atoms. The molecule has 4 nitrogen and oxygen atoms in total. The molecule has 0 heterocycles. The largest absolute Gasteiger partial charge is 0.497 e. The zero-order chi connectivity index (χ0) is 25.1. The van der Waals surface area contributed by atoms with Crippen molar-refractivity contribution in [2.45, 2.75) is 32.1 Å². The highest BCUT2D eigenvalue weighted by atomic mass is 16.5. The fourth-order valence-electron chi connectivity index (χ4n) is 5.33. The number of amides is 1. The quantitative estimate of drug-likeness (QED) is 0.466. The number of fused-ring (bicyclic) bond motifs is 4. The summed E-state index contributed by atoms with van der Waals surface area (Å²) in [5, 5.41) is 0. The molecular formula is C32H31NO3. The summed E-state index contributed by atoms with van der Waals surface area (Å²) in [7, 11) is 3.40. The number of benzene rings is 3. The van der Waals surface area contributed by atoms with E-state index in [2.05, 4.69) is 48.6 Å². The third-order valence-corrected chi connectivity index (χ3v) is 7.24. The molecule has 2 aliphatic carbocycles. The van der Waals surface area contributed by atoms with Crippen LogP contribution in [0.3, 0.4) is 0 Å². The molecule has 0 unspecified atom stereocenters. The van der Waals surface area contributed by atoms with Crippen molar-refractivity contribution < 1.29 is 14.3 Å². The van der Waals surface area contributed by atoms with Crippen molar-refractivity contribution in [3.05, 3.63) is 113 Å². The molecule has 0 aliphatic heterocycles. The van der Waals surface area contributed by atoms with E-state index >= 15 is 0 Å². The third kappa shape index (κ3) is 5.03. The topological polar surface area (TPSA) is 46.6 Å². The number of carbonyl (C=O) groups excluding carboxylic acids is 2. The number of methoxy groups -OCH3 is 1. The van der Waals surface area contributed by atoms with Crippen molar-refractivity contribution in [3.8, 4) is 5.75 Å². The molecule has 0 saturated heterocycles. The Hall–Kier alpha value is -3.92. The Morgan fingerprint density at radius 2 is 1.69 bits per heavy atom. The van der Waals surface area contributed by atoms with Crippen LogP contribution in [0.5, 0.6) is 5.75 Å². The smallest absolute Gasteiger partial charge is 0.230 e. The first-order valence-electron chi connectivity index (χ1n) is 12.5.